The maximum atomic E-state index is 9.78. The summed E-state index contributed by atoms with van der Waals surface area (Å²) >= 11 is 0. The van der Waals surface area contributed by atoms with E-state index in [1.54, 1.807) is 6.20 Å². The molecule has 23 heavy (non-hydrogen) atoms. The van der Waals surface area contributed by atoms with Gasteiger partial charge in [-0.1, -0.05) is 44.4 Å². The van der Waals surface area contributed by atoms with Crippen LogP contribution >= 0.6 is 0 Å². The summed E-state index contributed by atoms with van der Waals surface area (Å²) in [5.41, 5.74) is 1.79. The van der Waals surface area contributed by atoms with Crippen LogP contribution in [0.3, 0.4) is 0 Å². The molecule has 0 spiro atoms. The number of hydrogen-bond donors (Lipinski definition) is 1. The van der Waals surface area contributed by atoms with E-state index in [1.807, 2.05) is 12.1 Å². The quantitative estimate of drug-likeness (QED) is 0.869. The van der Waals surface area contributed by atoms with Crippen LogP contribution in [-0.2, 0) is 6.42 Å². The summed E-state index contributed by atoms with van der Waals surface area (Å²) in [6.45, 7) is 2.63. The minimum absolute atomic E-state index is 0.297. The highest BCUT2D eigenvalue weighted by Crippen LogP contribution is 2.35. The van der Waals surface area contributed by atoms with Crippen LogP contribution in [0.5, 0.6) is 0 Å². The van der Waals surface area contributed by atoms with E-state index in [9.17, 15) is 5.11 Å². The maximum absolute atomic E-state index is 9.78. The molecule has 0 aliphatic heterocycles. The van der Waals surface area contributed by atoms with Crippen molar-refractivity contribution in [1.29, 1.82) is 5.26 Å². The van der Waals surface area contributed by atoms with Crippen molar-refractivity contribution >= 4 is 10.8 Å². The van der Waals surface area contributed by atoms with Crippen molar-refractivity contribution in [2.75, 3.05) is 6.61 Å². The van der Waals surface area contributed by atoms with Gasteiger partial charge in [-0.3, -0.25) is 0 Å². The van der Waals surface area contributed by atoms with Crippen LogP contribution in [0, 0.1) is 29.1 Å². The molecule has 120 valence electrons. The fourth-order valence-corrected chi connectivity index (χ4v) is 4.08. The number of aromatic nitrogens is 1. The first kappa shape index (κ1) is 16.0. The monoisotopic (exact) mass is 308 g/mol. The molecule has 0 amide bonds. The molecule has 1 aliphatic carbocycles. The van der Waals surface area contributed by atoms with Crippen molar-refractivity contribution in [2.45, 2.75) is 39.0 Å². The first-order valence-electron chi connectivity index (χ1n) is 8.61. The van der Waals surface area contributed by atoms with Gasteiger partial charge in [-0.2, -0.15) is 5.26 Å². The second-order valence-corrected chi connectivity index (χ2v) is 6.90. The minimum atomic E-state index is 0.297. The van der Waals surface area contributed by atoms with E-state index in [0.29, 0.717) is 30.1 Å². The SMILES string of the molecule is CC1CCCCC(CO)C1Cc1ccc2c(C#N)nccc2c1. The lowest BCUT2D eigenvalue weighted by atomic mass is 9.77. The number of aliphatic hydroxyl groups excluding tert-OH is 1. The van der Waals surface area contributed by atoms with E-state index in [1.165, 1.54) is 24.8 Å². The highest BCUT2D eigenvalue weighted by molar-refractivity contribution is 5.86. The summed E-state index contributed by atoms with van der Waals surface area (Å²) in [4.78, 5) is 4.13. The molecular formula is C20H24N2O. The molecule has 1 aromatic carbocycles. The van der Waals surface area contributed by atoms with Crippen molar-refractivity contribution in [3.63, 3.8) is 0 Å². The van der Waals surface area contributed by atoms with E-state index in [2.05, 4.69) is 30.1 Å². The number of aliphatic hydroxyl groups is 1. The lowest BCUT2D eigenvalue weighted by Gasteiger charge is -2.28. The van der Waals surface area contributed by atoms with Gasteiger partial charge in [0.1, 0.15) is 11.8 Å². The van der Waals surface area contributed by atoms with Gasteiger partial charge in [-0.15, -0.1) is 0 Å². The second kappa shape index (κ2) is 7.10. The molecule has 1 N–H and O–H groups in total. The Balaban J connectivity index is 1.89. The van der Waals surface area contributed by atoms with Crippen molar-refractivity contribution in [2.24, 2.45) is 17.8 Å². The summed E-state index contributed by atoms with van der Waals surface area (Å²) < 4.78 is 0. The Morgan fingerprint density at radius 2 is 2.09 bits per heavy atom. The molecule has 3 rings (SSSR count). The average Bonchev–Trinajstić information content (AvgIpc) is 2.76. The fourth-order valence-electron chi connectivity index (χ4n) is 4.08. The van der Waals surface area contributed by atoms with E-state index < -0.39 is 0 Å². The number of rotatable bonds is 3. The van der Waals surface area contributed by atoms with Gasteiger partial charge in [-0.05, 0) is 47.6 Å². The molecule has 3 unspecified atom stereocenters. The Kier molecular flexibility index (Phi) is 4.93. The number of pyridine rings is 1. The Morgan fingerprint density at radius 1 is 1.26 bits per heavy atom. The number of fused-ring (bicyclic) bond motifs is 1. The van der Waals surface area contributed by atoms with E-state index in [-0.39, 0.29) is 0 Å². The molecule has 1 heterocycles. The predicted octanol–water partition coefficient (Wildman–Crippen LogP) is 4.08. The highest BCUT2D eigenvalue weighted by atomic mass is 16.3. The minimum Gasteiger partial charge on any atom is -0.396 e. The van der Waals surface area contributed by atoms with Crippen LogP contribution < -0.4 is 0 Å². The normalized spacial score (nSPS) is 25.0. The molecule has 1 aliphatic rings. The molecule has 0 bridgehead atoms. The van der Waals surface area contributed by atoms with E-state index in [0.717, 1.165) is 23.6 Å². The molecule has 2 aromatic rings. The van der Waals surface area contributed by atoms with Gasteiger partial charge in [0.2, 0.25) is 0 Å². The van der Waals surface area contributed by atoms with Crippen LogP contribution in [0.2, 0.25) is 0 Å². The largest absolute Gasteiger partial charge is 0.396 e. The van der Waals surface area contributed by atoms with Crippen LogP contribution in [-0.4, -0.2) is 16.7 Å². The second-order valence-electron chi connectivity index (χ2n) is 6.90. The molecule has 0 saturated heterocycles. The molecular weight excluding hydrogens is 284 g/mol. The molecule has 3 heteroatoms. The summed E-state index contributed by atoms with van der Waals surface area (Å²) in [5.74, 6) is 1.60. The third-order valence-electron chi connectivity index (χ3n) is 5.46. The number of benzene rings is 1. The van der Waals surface area contributed by atoms with E-state index in [4.69, 9.17) is 5.26 Å². The molecule has 3 atom stereocenters. The highest BCUT2D eigenvalue weighted by Gasteiger charge is 2.28. The first-order chi connectivity index (χ1) is 11.2. The van der Waals surface area contributed by atoms with E-state index >= 15 is 0 Å². The van der Waals surface area contributed by atoms with Gasteiger partial charge < -0.3 is 5.11 Å². The fraction of sp³-hybridized carbons (Fsp3) is 0.500. The number of nitrogens with zero attached hydrogens (tertiary/aromatic N) is 2. The lowest BCUT2D eigenvalue weighted by Crippen LogP contribution is -2.25. The van der Waals surface area contributed by atoms with Crippen molar-refractivity contribution in [1.82, 2.24) is 4.98 Å². The predicted molar refractivity (Wildman–Crippen MR) is 91.9 cm³/mol. The molecule has 3 nitrogen and oxygen atoms in total. The van der Waals surface area contributed by atoms with Gasteiger partial charge in [0.05, 0.1) is 0 Å². The molecule has 1 saturated carbocycles. The Bertz CT molecular complexity index is 719. The van der Waals surface area contributed by atoms with Crippen LogP contribution in [0.1, 0.15) is 43.9 Å². The van der Waals surface area contributed by atoms with Gasteiger partial charge >= 0.3 is 0 Å². The zero-order valence-corrected chi connectivity index (χ0v) is 13.7. The molecule has 1 aromatic heterocycles. The van der Waals surface area contributed by atoms with Gasteiger partial charge in [0.25, 0.3) is 0 Å². The lowest BCUT2D eigenvalue weighted by molar-refractivity contribution is 0.141. The Labute approximate surface area is 138 Å². The summed E-state index contributed by atoms with van der Waals surface area (Å²) in [7, 11) is 0. The van der Waals surface area contributed by atoms with Crippen LogP contribution in [0.25, 0.3) is 10.8 Å². The average molecular weight is 308 g/mol. The first-order valence-corrected chi connectivity index (χ1v) is 8.61. The van der Waals surface area contributed by atoms with Gasteiger partial charge in [0, 0.05) is 18.2 Å². The topological polar surface area (TPSA) is 56.9 Å². The smallest absolute Gasteiger partial charge is 0.148 e. The Hall–Kier alpha value is -1.92. The molecule has 0 radical (unpaired) electrons. The standard InChI is InChI=1S/C20H24N2O/c1-14-4-2-3-5-17(13-23)19(14)11-15-6-7-18-16(10-15)8-9-22-20(18)12-21/h6-10,14,17,19,23H,2-5,11,13H2,1H3. The number of hydrogen-bond acceptors (Lipinski definition) is 3. The van der Waals surface area contributed by atoms with Crippen molar-refractivity contribution < 1.29 is 5.11 Å². The van der Waals surface area contributed by atoms with Crippen LogP contribution in [0.15, 0.2) is 30.5 Å². The van der Waals surface area contributed by atoms with Gasteiger partial charge in [-0.25, -0.2) is 4.98 Å². The molecule has 1 fully saturated rings. The summed E-state index contributed by atoms with van der Waals surface area (Å²) in [6.07, 6.45) is 7.63. The third kappa shape index (κ3) is 3.38. The summed E-state index contributed by atoms with van der Waals surface area (Å²) in [5, 5.41) is 20.9. The number of nitriles is 1. The summed E-state index contributed by atoms with van der Waals surface area (Å²) in [6, 6.07) is 10.5. The van der Waals surface area contributed by atoms with Gasteiger partial charge in [0.15, 0.2) is 0 Å². The van der Waals surface area contributed by atoms with Crippen molar-refractivity contribution in [3.05, 3.63) is 41.7 Å². The van der Waals surface area contributed by atoms with Crippen LogP contribution in [0.4, 0.5) is 0 Å². The zero-order valence-electron chi connectivity index (χ0n) is 13.7. The Morgan fingerprint density at radius 3 is 2.87 bits per heavy atom. The van der Waals surface area contributed by atoms with Crippen molar-refractivity contribution in [3.8, 4) is 6.07 Å². The zero-order chi connectivity index (χ0) is 16.2. The maximum Gasteiger partial charge on any atom is 0.148 e. The third-order valence-corrected chi connectivity index (χ3v) is 5.46.